The maximum Gasteiger partial charge on any atom is 0.154 e. The predicted molar refractivity (Wildman–Crippen MR) is 127 cm³/mol. The molecule has 1 aliphatic rings. The molecule has 0 atom stereocenters. The lowest BCUT2D eigenvalue weighted by Crippen LogP contribution is -2.25. The molecule has 0 unspecified atom stereocenters. The van der Waals surface area contributed by atoms with E-state index in [1.807, 2.05) is 30.5 Å². The summed E-state index contributed by atoms with van der Waals surface area (Å²) < 4.78 is 5.41. The van der Waals surface area contributed by atoms with Crippen LogP contribution in [0.5, 0.6) is 0 Å². The number of ether oxygens (including phenoxy) is 1. The average Bonchev–Trinajstić information content (AvgIpc) is 2.82. The van der Waals surface area contributed by atoms with Crippen molar-refractivity contribution in [2.45, 2.75) is 32.6 Å². The van der Waals surface area contributed by atoms with Gasteiger partial charge >= 0.3 is 0 Å². The second-order valence-corrected chi connectivity index (χ2v) is 8.32. The zero-order chi connectivity index (χ0) is 22.3. The van der Waals surface area contributed by atoms with E-state index in [0.717, 1.165) is 60.3 Å². The molecule has 4 heterocycles. The smallest absolute Gasteiger partial charge is 0.154 e. The normalized spacial score (nSPS) is 15.2. The van der Waals surface area contributed by atoms with E-state index >= 15 is 0 Å². The molecule has 0 spiro atoms. The summed E-state index contributed by atoms with van der Waals surface area (Å²) in [4.78, 5) is 9.22. The molecule has 4 rings (SSSR count). The minimum atomic E-state index is 0.369. The number of fused-ring (bicyclic) bond motifs is 1. The molecule has 8 nitrogen and oxygen atoms in total. The van der Waals surface area contributed by atoms with Gasteiger partial charge < -0.3 is 20.8 Å². The van der Waals surface area contributed by atoms with Crippen LogP contribution in [0, 0.1) is 11.3 Å². The second-order valence-electron chi connectivity index (χ2n) is 8.32. The van der Waals surface area contributed by atoms with Crippen molar-refractivity contribution in [2.24, 2.45) is 5.92 Å². The van der Waals surface area contributed by atoms with Crippen molar-refractivity contribution in [1.82, 2.24) is 25.5 Å². The number of nitrogens with one attached hydrogen (secondary N) is 3. The van der Waals surface area contributed by atoms with Gasteiger partial charge in [0.05, 0.1) is 17.2 Å². The minimum absolute atomic E-state index is 0.369. The number of pyridine rings is 2. The molecule has 1 fully saturated rings. The fraction of sp³-hybridized carbons (Fsp3) is 0.375. The molecule has 0 radical (unpaired) electrons. The highest BCUT2D eigenvalue weighted by molar-refractivity contribution is 6.08. The maximum atomic E-state index is 7.84. The molecule has 1 saturated heterocycles. The summed E-state index contributed by atoms with van der Waals surface area (Å²) in [7, 11) is 0. The summed E-state index contributed by atoms with van der Waals surface area (Å²) in [6, 6.07) is 7.74. The molecule has 0 amide bonds. The van der Waals surface area contributed by atoms with Gasteiger partial charge in [-0.15, -0.1) is 5.10 Å². The lowest BCUT2D eigenvalue weighted by Gasteiger charge is -2.21. The highest BCUT2D eigenvalue weighted by Crippen LogP contribution is 2.22. The molecule has 166 valence electrons. The highest BCUT2D eigenvalue weighted by Gasteiger charge is 2.13. The SMILES string of the molecule is CC(C)c1cnnc(Nc2ccc3ncc(/C(C=N)=C/NCC4CCOCC4)cc3n2)c1. The second kappa shape index (κ2) is 10.3. The van der Waals surface area contributed by atoms with E-state index in [9.17, 15) is 0 Å². The van der Waals surface area contributed by atoms with E-state index in [4.69, 9.17) is 15.1 Å². The van der Waals surface area contributed by atoms with Gasteiger partial charge in [0.1, 0.15) is 5.82 Å². The zero-order valence-corrected chi connectivity index (χ0v) is 18.5. The Morgan fingerprint density at radius 2 is 2.00 bits per heavy atom. The van der Waals surface area contributed by atoms with Crippen LogP contribution < -0.4 is 10.6 Å². The minimum Gasteiger partial charge on any atom is -0.390 e. The molecule has 0 aliphatic carbocycles. The van der Waals surface area contributed by atoms with E-state index in [-0.39, 0.29) is 0 Å². The number of hydrogen-bond donors (Lipinski definition) is 3. The largest absolute Gasteiger partial charge is 0.390 e. The summed E-state index contributed by atoms with van der Waals surface area (Å²) >= 11 is 0. The first-order chi connectivity index (χ1) is 15.6. The molecule has 32 heavy (non-hydrogen) atoms. The van der Waals surface area contributed by atoms with Crippen LogP contribution in [-0.4, -0.2) is 46.1 Å². The third-order valence-electron chi connectivity index (χ3n) is 5.63. The summed E-state index contributed by atoms with van der Waals surface area (Å²) in [5, 5.41) is 22.7. The predicted octanol–water partition coefficient (Wildman–Crippen LogP) is 4.29. The van der Waals surface area contributed by atoms with Crippen molar-refractivity contribution < 1.29 is 4.74 Å². The highest BCUT2D eigenvalue weighted by atomic mass is 16.5. The quantitative estimate of drug-likeness (QED) is 0.456. The number of hydrogen-bond acceptors (Lipinski definition) is 8. The summed E-state index contributed by atoms with van der Waals surface area (Å²) in [6.45, 7) is 6.78. The third-order valence-corrected chi connectivity index (χ3v) is 5.63. The first-order valence-corrected chi connectivity index (χ1v) is 11.0. The molecule has 0 aromatic carbocycles. The van der Waals surface area contributed by atoms with Crippen LogP contribution in [-0.2, 0) is 4.74 Å². The standard InChI is InChI=1S/C24H29N7O/c1-16(2)18-10-24(31-28-15-18)30-23-4-3-21-22(29-23)9-19(14-27-21)20(11-25)13-26-12-17-5-7-32-8-6-17/h3-4,9-11,13-17,25-26H,5-8,12H2,1-2H3,(H,29,30,31)/b20-13+,25-11?. The van der Waals surface area contributed by atoms with Gasteiger partial charge in [-0.2, -0.15) is 5.10 Å². The molecule has 3 aromatic rings. The Bertz CT molecular complexity index is 1110. The van der Waals surface area contributed by atoms with Crippen LogP contribution in [0.4, 0.5) is 11.6 Å². The van der Waals surface area contributed by atoms with Gasteiger partial charge in [-0.1, -0.05) is 13.8 Å². The van der Waals surface area contributed by atoms with Crippen LogP contribution in [0.1, 0.15) is 43.7 Å². The Balaban J connectivity index is 1.51. The lowest BCUT2D eigenvalue weighted by atomic mass is 10.0. The molecular formula is C24H29N7O. The van der Waals surface area contributed by atoms with Crippen LogP contribution >= 0.6 is 0 Å². The molecular weight excluding hydrogens is 402 g/mol. The van der Waals surface area contributed by atoms with Gasteiger partial charge in [-0.25, -0.2) is 4.98 Å². The summed E-state index contributed by atoms with van der Waals surface area (Å²) in [6.07, 6.45) is 8.93. The van der Waals surface area contributed by atoms with E-state index in [1.54, 1.807) is 12.4 Å². The van der Waals surface area contributed by atoms with Gasteiger partial charge in [-0.05, 0) is 54.5 Å². The Labute approximate surface area is 188 Å². The summed E-state index contributed by atoms with van der Waals surface area (Å²) in [5.74, 6) is 2.30. The van der Waals surface area contributed by atoms with Gasteiger partial charge in [0, 0.05) is 49.5 Å². The Kier molecular flexibility index (Phi) is 7.01. The third kappa shape index (κ3) is 5.45. The number of rotatable bonds is 8. The average molecular weight is 432 g/mol. The van der Waals surface area contributed by atoms with Crippen molar-refractivity contribution in [1.29, 1.82) is 5.41 Å². The van der Waals surface area contributed by atoms with Crippen LogP contribution in [0.3, 0.4) is 0 Å². The molecule has 0 saturated carbocycles. The van der Waals surface area contributed by atoms with E-state index in [2.05, 4.69) is 39.7 Å². The topological polar surface area (TPSA) is 109 Å². The Hall–Kier alpha value is -3.39. The molecule has 8 heteroatoms. The van der Waals surface area contributed by atoms with E-state index in [1.165, 1.54) is 6.21 Å². The monoisotopic (exact) mass is 431 g/mol. The fourth-order valence-corrected chi connectivity index (χ4v) is 3.62. The van der Waals surface area contributed by atoms with Crippen molar-refractivity contribution in [3.8, 4) is 0 Å². The van der Waals surface area contributed by atoms with E-state index in [0.29, 0.717) is 23.5 Å². The molecule has 0 bridgehead atoms. The van der Waals surface area contributed by atoms with Gasteiger partial charge in [-0.3, -0.25) is 4.98 Å². The van der Waals surface area contributed by atoms with Gasteiger partial charge in [0.2, 0.25) is 0 Å². The maximum absolute atomic E-state index is 7.84. The van der Waals surface area contributed by atoms with Crippen molar-refractivity contribution in [2.75, 3.05) is 25.1 Å². The lowest BCUT2D eigenvalue weighted by molar-refractivity contribution is 0.0672. The zero-order valence-electron chi connectivity index (χ0n) is 18.5. The first kappa shape index (κ1) is 21.8. The molecule has 3 aromatic heterocycles. The van der Waals surface area contributed by atoms with Gasteiger partial charge in [0.15, 0.2) is 5.82 Å². The summed E-state index contributed by atoms with van der Waals surface area (Å²) in [5.41, 5.74) is 4.26. The number of nitrogens with zero attached hydrogens (tertiary/aromatic N) is 4. The van der Waals surface area contributed by atoms with Crippen LogP contribution in [0.25, 0.3) is 16.6 Å². The fourth-order valence-electron chi connectivity index (χ4n) is 3.62. The number of anilines is 2. The van der Waals surface area contributed by atoms with Crippen LogP contribution in [0.2, 0.25) is 0 Å². The number of aromatic nitrogens is 4. The van der Waals surface area contributed by atoms with Gasteiger partial charge in [0.25, 0.3) is 0 Å². The van der Waals surface area contributed by atoms with Crippen molar-refractivity contribution in [3.05, 3.63) is 54.0 Å². The van der Waals surface area contributed by atoms with E-state index < -0.39 is 0 Å². The first-order valence-electron chi connectivity index (χ1n) is 11.0. The van der Waals surface area contributed by atoms with Crippen LogP contribution in [0.15, 0.2) is 42.9 Å². The molecule has 1 aliphatic heterocycles. The molecule has 3 N–H and O–H groups in total. The Morgan fingerprint density at radius 1 is 1.16 bits per heavy atom. The Morgan fingerprint density at radius 3 is 2.78 bits per heavy atom. The van der Waals surface area contributed by atoms with Crippen molar-refractivity contribution in [3.63, 3.8) is 0 Å². The number of allylic oxidation sites excluding steroid dienone is 1. The van der Waals surface area contributed by atoms with Crippen molar-refractivity contribution >= 4 is 34.5 Å².